The standard InChI is InChI=1S/C20H18BrN3O5/c1-11(25)22-16-6-4-5-14(9-16)20-24(12(2)26)23-19(29-20)17-10-15(21)7-8-18(17)28-13(3)27/h4-10,20H,1-3H3,(H,22,25). The molecule has 1 N–H and O–H groups in total. The normalized spacial score (nSPS) is 15.4. The third-order valence-electron chi connectivity index (χ3n) is 3.88. The second-order valence-corrected chi connectivity index (χ2v) is 7.20. The number of nitrogens with one attached hydrogen (secondary N) is 1. The van der Waals surface area contributed by atoms with Crippen molar-refractivity contribution in [3.63, 3.8) is 0 Å². The van der Waals surface area contributed by atoms with Gasteiger partial charge >= 0.3 is 5.97 Å². The van der Waals surface area contributed by atoms with Gasteiger partial charge in [0.05, 0.1) is 5.56 Å². The summed E-state index contributed by atoms with van der Waals surface area (Å²) in [7, 11) is 0. The quantitative estimate of drug-likeness (QED) is 0.556. The number of hydrogen-bond acceptors (Lipinski definition) is 6. The fourth-order valence-electron chi connectivity index (χ4n) is 2.78. The molecule has 1 atom stereocenters. The highest BCUT2D eigenvalue weighted by molar-refractivity contribution is 9.10. The van der Waals surface area contributed by atoms with Gasteiger partial charge in [0, 0.05) is 36.5 Å². The molecule has 2 aromatic rings. The minimum atomic E-state index is -0.833. The molecular formula is C20H18BrN3O5. The summed E-state index contributed by atoms with van der Waals surface area (Å²) in [5, 5.41) is 8.18. The molecule has 1 heterocycles. The Hall–Kier alpha value is -3.20. The van der Waals surface area contributed by atoms with E-state index in [1.54, 1.807) is 42.5 Å². The van der Waals surface area contributed by atoms with Crippen molar-refractivity contribution in [2.24, 2.45) is 5.10 Å². The number of rotatable bonds is 4. The highest BCUT2D eigenvalue weighted by atomic mass is 79.9. The Morgan fingerprint density at radius 1 is 1.14 bits per heavy atom. The monoisotopic (exact) mass is 459 g/mol. The van der Waals surface area contributed by atoms with Crippen molar-refractivity contribution in [3.8, 4) is 5.75 Å². The van der Waals surface area contributed by atoms with Crippen LogP contribution < -0.4 is 10.1 Å². The van der Waals surface area contributed by atoms with E-state index >= 15 is 0 Å². The van der Waals surface area contributed by atoms with Crippen LogP contribution in [0.3, 0.4) is 0 Å². The summed E-state index contributed by atoms with van der Waals surface area (Å²) < 4.78 is 11.9. The van der Waals surface area contributed by atoms with Gasteiger partial charge < -0.3 is 14.8 Å². The first kappa shape index (κ1) is 20.5. The van der Waals surface area contributed by atoms with Gasteiger partial charge in [0.1, 0.15) is 5.75 Å². The lowest BCUT2D eigenvalue weighted by Crippen LogP contribution is -2.25. The first-order valence-corrected chi connectivity index (χ1v) is 9.45. The molecule has 0 fully saturated rings. The van der Waals surface area contributed by atoms with E-state index in [1.807, 2.05) is 0 Å². The van der Waals surface area contributed by atoms with Gasteiger partial charge in [-0.3, -0.25) is 14.4 Å². The van der Waals surface area contributed by atoms with Gasteiger partial charge in [-0.1, -0.05) is 28.1 Å². The number of carbonyl (C=O) groups excluding carboxylic acids is 3. The molecular weight excluding hydrogens is 442 g/mol. The second kappa shape index (κ2) is 8.44. The number of hydrazone groups is 1. The maximum absolute atomic E-state index is 12.2. The summed E-state index contributed by atoms with van der Waals surface area (Å²) in [6.07, 6.45) is -0.833. The molecule has 2 amide bonds. The molecule has 0 bridgehead atoms. The van der Waals surface area contributed by atoms with Crippen molar-refractivity contribution in [2.45, 2.75) is 27.0 Å². The minimum Gasteiger partial charge on any atom is -0.446 e. The molecule has 0 saturated carbocycles. The molecule has 0 spiro atoms. The molecule has 29 heavy (non-hydrogen) atoms. The number of hydrogen-bond donors (Lipinski definition) is 1. The number of esters is 1. The topological polar surface area (TPSA) is 97.3 Å². The van der Waals surface area contributed by atoms with Crippen LogP contribution in [0.4, 0.5) is 5.69 Å². The third-order valence-corrected chi connectivity index (χ3v) is 4.38. The Labute approximate surface area is 175 Å². The van der Waals surface area contributed by atoms with Crippen molar-refractivity contribution in [2.75, 3.05) is 5.32 Å². The maximum Gasteiger partial charge on any atom is 0.308 e. The van der Waals surface area contributed by atoms with Gasteiger partial charge in [-0.05, 0) is 30.3 Å². The Balaban J connectivity index is 1.98. The minimum absolute atomic E-state index is 0.132. The first-order valence-electron chi connectivity index (χ1n) is 8.65. The first-order chi connectivity index (χ1) is 13.7. The summed E-state index contributed by atoms with van der Waals surface area (Å²) in [6, 6.07) is 11.9. The number of anilines is 1. The van der Waals surface area contributed by atoms with Crippen LogP contribution >= 0.6 is 15.9 Å². The number of nitrogens with zero attached hydrogens (tertiary/aromatic N) is 2. The average Bonchev–Trinajstić information content (AvgIpc) is 3.08. The van der Waals surface area contributed by atoms with Crippen LogP contribution in [-0.4, -0.2) is 28.7 Å². The van der Waals surface area contributed by atoms with Crippen LogP contribution in [0.5, 0.6) is 5.75 Å². The SMILES string of the molecule is CC(=O)Nc1cccc(C2OC(c3cc(Br)ccc3OC(C)=O)=NN2C(C)=O)c1. The molecule has 2 aromatic carbocycles. The highest BCUT2D eigenvalue weighted by Crippen LogP contribution is 2.34. The van der Waals surface area contributed by atoms with E-state index in [9.17, 15) is 14.4 Å². The zero-order chi connectivity index (χ0) is 21.1. The zero-order valence-corrected chi connectivity index (χ0v) is 17.5. The fourth-order valence-corrected chi connectivity index (χ4v) is 3.14. The fraction of sp³-hybridized carbons (Fsp3) is 0.200. The average molecular weight is 460 g/mol. The van der Waals surface area contributed by atoms with Gasteiger partial charge in [-0.2, -0.15) is 5.01 Å². The number of amides is 2. The van der Waals surface area contributed by atoms with Crippen LogP contribution in [0.1, 0.15) is 38.1 Å². The van der Waals surface area contributed by atoms with Crippen LogP contribution in [0.25, 0.3) is 0 Å². The van der Waals surface area contributed by atoms with Crippen LogP contribution in [-0.2, 0) is 19.1 Å². The summed E-state index contributed by atoms with van der Waals surface area (Å²) in [5.74, 6) is -0.646. The Kier molecular flexibility index (Phi) is 5.97. The zero-order valence-electron chi connectivity index (χ0n) is 15.9. The summed E-state index contributed by atoms with van der Waals surface area (Å²) in [6.45, 7) is 4.07. The predicted molar refractivity (Wildman–Crippen MR) is 109 cm³/mol. The molecule has 8 nitrogen and oxygen atoms in total. The molecule has 1 aliphatic heterocycles. The van der Waals surface area contributed by atoms with Crippen molar-refractivity contribution < 1.29 is 23.9 Å². The van der Waals surface area contributed by atoms with E-state index in [2.05, 4.69) is 26.3 Å². The molecule has 0 saturated heterocycles. The van der Waals surface area contributed by atoms with Gasteiger partial charge in [-0.15, -0.1) is 5.10 Å². The maximum atomic E-state index is 12.2. The molecule has 0 aromatic heterocycles. The van der Waals surface area contributed by atoms with Crippen molar-refractivity contribution in [1.82, 2.24) is 5.01 Å². The lowest BCUT2D eigenvalue weighted by molar-refractivity contribution is -0.135. The van der Waals surface area contributed by atoms with Crippen LogP contribution in [0.2, 0.25) is 0 Å². The number of benzene rings is 2. The molecule has 0 radical (unpaired) electrons. The number of carbonyl (C=O) groups is 3. The Morgan fingerprint density at radius 3 is 2.55 bits per heavy atom. The highest BCUT2D eigenvalue weighted by Gasteiger charge is 2.34. The molecule has 150 valence electrons. The van der Waals surface area contributed by atoms with E-state index < -0.39 is 12.2 Å². The van der Waals surface area contributed by atoms with Gasteiger partial charge in [0.25, 0.3) is 0 Å². The lowest BCUT2D eigenvalue weighted by Gasteiger charge is -2.20. The van der Waals surface area contributed by atoms with E-state index in [1.165, 1.54) is 25.8 Å². The number of ether oxygens (including phenoxy) is 2. The molecule has 1 unspecified atom stereocenters. The smallest absolute Gasteiger partial charge is 0.308 e. The molecule has 9 heteroatoms. The molecule has 1 aliphatic rings. The van der Waals surface area contributed by atoms with Crippen molar-refractivity contribution in [1.29, 1.82) is 0 Å². The number of halogens is 1. The van der Waals surface area contributed by atoms with E-state index in [0.29, 0.717) is 16.8 Å². The van der Waals surface area contributed by atoms with E-state index in [4.69, 9.17) is 9.47 Å². The Morgan fingerprint density at radius 2 is 1.90 bits per heavy atom. The molecule has 3 rings (SSSR count). The van der Waals surface area contributed by atoms with Crippen LogP contribution in [0, 0.1) is 0 Å². The second-order valence-electron chi connectivity index (χ2n) is 6.28. The van der Waals surface area contributed by atoms with Crippen LogP contribution in [0.15, 0.2) is 52.0 Å². The van der Waals surface area contributed by atoms with Gasteiger partial charge in [-0.25, -0.2) is 0 Å². The summed E-state index contributed by atoms with van der Waals surface area (Å²) in [5.41, 5.74) is 1.61. The van der Waals surface area contributed by atoms with Gasteiger partial charge in [0.2, 0.25) is 23.9 Å². The lowest BCUT2D eigenvalue weighted by atomic mass is 10.1. The van der Waals surface area contributed by atoms with Crippen molar-refractivity contribution in [3.05, 3.63) is 58.1 Å². The van der Waals surface area contributed by atoms with E-state index in [-0.39, 0.29) is 23.5 Å². The predicted octanol–water partition coefficient (Wildman–Crippen LogP) is 3.57. The van der Waals surface area contributed by atoms with E-state index in [0.717, 1.165) is 4.47 Å². The largest absolute Gasteiger partial charge is 0.446 e. The van der Waals surface area contributed by atoms with Gasteiger partial charge in [0.15, 0.2) is 0 Å². The molecule has 0 aliphatic carbocycles. The summed E-state index contributed by atoms with van der Waals surface area (Å²) in [4.78, 5) is 34.9. The third kappa shape index (κ3) is 4.80. The summed E-state index contributed by atoms with van der Waals surface area (Å²) >= 11 is 3.37. The Bertz CT molecular complexity index is 1020. The van der Waals surface area contributed by atoms with Crippen molar-refractivity contribution >= 4 is 45.3 Å².